The Morgan fingerprint density at radius 2 is 1.88 bits per heavy atom. The minimum absolute atomic E-state index is 0.219. The van der Waals surface area contributed by atoms with Crippen molar-refractivity contribution in [3.05, 3.63) is 41.2 Å². The lowest BCUT2D eigenvalue weighted by molar-refractivity contribution is -0.137. The summed E-state index contributed by atoms with van der Waals surface area (Å²) in [7, 11) is 1.07. The summed E-state index contributed by atoms with van der Waals surface area (Å²) in [6, 6.07) is 5.28. The highest BCUT2D eigenvalue weighted by Crippen LogP contribution is 2.20. The highest BCUT2D eigenvalue weighted by Gasteiger charge is 2.23. The molecule has 90 valence electrons. The van der Waals surface area contributed by atoms with Crippen molar-refractivity contribution in [1.29, 1.82) is 0 Å². The van der Waals surface area contributed by atoms with Gasteiger partial charge >= 0.3 is 5.97 Å². The second kappa shape index (κ2) is 5.25. The molecule has 0 atom stereocenters. The fourth-order valence-corrected chi connectivity index (χ4v) is 1.30. The van der Waals surface area contributed by atoms with Crippen LogP contribution in [-0.4, -0.2) is 24.0 Å². The van der Waals surface area contributed by atoms with Crippen LogP contribution in [-0.2, 0) is 14.3 Å². The third kappa shape index (κ3) is 2.69. The molecule has 1 N–H and O–H groups in total. The first-order valence-corrected chi connectivity index (χ1v) is 4.76. The summed E-state index contributed by atoms with van der Waals surface area (Å²) in [4.78, 5) is 22.5. The van der Waals surface area contributed by atoms with Crippen molar-refractivity contribution in [2.24, 2.45) is 0 Å². The van der Waals surface area contributed by atoms with Gasteiger partial charge in [0.25, 0.3) is 0 Å². The van der Waals surface area contributed by atoms with Crippen molar-refractivity contribution >= 4 is 17.5 Å². The minimum Gasteiger partial charge on any atom is -0.506 e. The second-order valence-electron chi connectivity index (χ2n) is 3.25. The van der Waals surface area contributed by atoms with Crippen molar-refractivity contribution in [3.8, 4) is 0 Å². The lowest BCUT2D eigenvalue weighted by Gasteiger charge is -2.07. The van der Waals surface area contributed by atoms with E-state index in [0.717, 1.165) is 20.1 Å². The largest absolute Gasteiger partial charge is 0.506 e. The third-order valence-corrected chi connectivity index (χ3v) is 2.11. The summed E-state index contributed by atoms with van der Waals surface area (Å²) >= 11 is 0. The average molecular weight is 238 g/mol. The van der Waals surface area contributed by atoms with Gasteiger partial charge in [0, 0.05) is 0 Å². The molecule has 0 bridgehead atoms. The van der Waals surface area contributed by atoms with Crippen LogP contribution < -0.4 is 0 Å². The van der Waals surface area contributed by atoms with Gasteiger partial charge in [0.1, 0.15) is 17.1 Å². The third-order valence-electron chi connectivity index (χ3n) is 2.11. The molecule has 5 heteroatoms. The van der Waals surface area contributed by atoms with Crippen LogP contribution in [0.2, 0.25) is 0 Å². The Morgan fingerprint density at radius 1 is 1.29 bits per heavy atom. The van der Waals surface area contributed by atoms with Crippen LogP contribution in [0.4, 0.5) is 4.39 Å². The zero-order valence-corrected chi connectivity index (χ0v) is 9.36. The summed E-state index contributed by atoms with van der Waals surface area (Å²) in [5.74, 6) is -3.15. The smallest absolute Gasteiger partial charge is 0.345 e. The molecule has 0 aromatic heterocycles. The molecule has 1 rings (SSSR count). The molecule has 0 heterocycles. The van der Waals surface area contributed by atoms with E-state index in [1.807, 2.05) is 0 Å². The average Bonchev–Trinajstić information content (AvgIpc) is 2.28. The molecule has 0 unspecified atom stereocenters. The number of Topliss-reactive ketones (excluding diaryl/α,β-unsaturated/α-hetero) is 1. The van der Waals surface area contributed by atoms with Crippen molar-refractivity contribution in [2.45, 2.75) is 6.92 Å². The Bertz CT molecular complexity index is 491. The standard InChI is InChI=1S/C12H11FO4/c1-7(14)10(12(16)17-2)11(15)8-5-3-4-6-9(8)13/h3-6,15H,1-2H3/b11-10-. The quantitative estimate of drug-likeness (QED) is 0.287. The number of aliphatic hydroxyl groups excluding tert-OH is 1. The van der Waals surface area contributed by atoms with E-state index in [2.05, 4.69) is 4.74 Å². The summed E-state index contributed by atoms with van der Waals surface area (Å²) in [6.45, 7) is 1.09. The number of ether oxygens (including phenoxy) is 1. The summed E-state index contributed by atoms with van der Waals surface area (Å²) in [6.07, 6.45) is 0. The molecule has 0 aliphatic rings. The number of rotatable bonds is 3. The molecule has 0 fully saturated rings. The maximum Gasteiger partial charge on any atom is 0.345 e. The van der Waals surface area contributed by atoms with E-state index < -0.39 is 28.9 Å². The summed E-state index contributed by atoms with van der Waals surface area (Å²) in [5, 5.41) is 9.75. The zero-order chi connectivity index (χ0) is 13.0. The van der Waals surface area contributed by atoms with E-state index in [0.29, 0.717) is 0 Å². The fourth-order valence-electron chi connectivity index (χ4n) is 1.30. The summed E-state index contributed by atoms with van der Waals surface area (Å²) in [5.41, 5.74) is -0.791. The van der Waals surface area contributed by atoms with Gasteiger partial charge in [0.15, 0.2) is 5.78 Å². The van der Waals surface area contributed by atoms with E-state index in [4.69, 9.17) is 0 Å². The van der Waals surface area contributed by atoms with Gasteiger partial charge in [0.05, 0.1) is 12.7 Å². The SMILES string of the molecule is COC(=O)/C(C(C)=O)=C(\O)c1ccccc1F. The number of carbonyl (C=O) groups is 2. The topological polar surface area (TPSA) is 63.6 Å². The van der Waals surface area contributed by atoms with Crippen LogP contribution in [0.1, 0.15) is 12.5 Å². The number of carbonyl (C=O) groups excluding carboxylic acids is 2. The molecular weight excluding hydrogens is 227 g/mol. The molecule has 0 aliphatic carbocycles. The van der Waals surface area contributed by atoms with E-state index in [1.165, 1.54) is 18.2 Å². The van der Waals surface area contributed by atoms with Crippen LogP contribution in [0, 0.1) is 5.82 Å². The number of hydrogen-bond acceptors (Lipinski definition) is 4. The van der Waals surface area contributed by atoms with E-state index in [-0.39, 0.29) is 5.56 Å². The molecule has 0 saturated heterocycles. The van der Waals surface area contributed by atoms with E-state index in [1.54, 1.807) is 0 Å². The number of aliphatic hydroxyl groups is 1. The van der Waals surface area contributed by atoms with Crippen LogP contribution >= 0.6 is 0 Å². The number of methoxy groups -OCH3 is 1. The first-order valence-electron chi connectivity index (χ1n) is 4.76. The van der Waals surface area contributed by atoms with Crippen LogP contribution in [0.15, 0.2) is 29.8 Å². The van der Waals surface area contributed by atoms with Gasteiger partial charge in [-0.05, 0) is 19.1 Å². The molecule has 0 amide bonds. The molecule has 0 spiro atoms. The molecule has 17 heavy (non-hydrogen) atoms. The number of hydrogen-bond donors (Lipinski definition) is 1. The molecule has 0 aliphatic heterocycles. The Labute approximate surface area is 97.3 Å². The van der Waals surface area contributed by atoms with Gasteiger partial charge in [-0.2, -0.15) is 0 Å². The molecular formula is C12H11FO4. The predicted molar refractivity (Wildman–Crippen MR) is 58.6 cm³/mol. The van der Waals surface area contributed by atoms with Gasteiger partial charge in [0.2, 0.25) is 0 Å². The highest BCUT2D eigenvalue weighted by atomic mass is 19.1. The normalized spacial score (nSPS) is 11.7. The van der Waals surface area contributed by atoms with Gasteiger partial charge in [-0.1, -0.05) is 12.1 Å². The Balaban J connectivity index is 3.40. The zero-order valence-electron chi connectivity index (χ0n) is 9.36. The van der Waals surface area contributed by atoms with Crippen LogP contribution in [0.25, 0.3) is 5.76 Å². The predicted octanol–water partition coefficient (Wildman–Crippen LogP) is 1.86. The maximum absolute atomic E-state index is 13.4. The first kappa shape index (κ1) is 12.9. The van der Waals surface area contributed by atoms with E-state index in [9.17, 15) is 19.1 Å². The number of ketones is 1. The van der Waals surface area contributed by atoms with Crippen LogP contribution in [0.5, 0.6) is 0 Å². The lowest BCUT2D eigenvalue weighted by atomic mass is 10.1. The maximum atomic E-state index is 13.4. The monoisotopic (exact) mass is 238 g/mol. The Kier molecular flexibility index (Phi) is 3.98. The minimum atomic E-state index is -1.00. The molecule has 4 nitrogen and oxygen atoms in total. The van der Waals surface area contributed by atoms with Gasteiger partial charge < -0.3 is 9.84 Å². The first-order chi connectivity index (χ1) is 7.99. The van der Waals surface area contributed by atoms with E-state index >= 15 is 0 Å². The van der Waals surface area contributed by atoms with Crippen molar-refractivity contribution < 1.29 is 23.8 Å². The number of esters is 1. The Morgan fingerprint density at radius 3 is 2.35 bits per heavy atom. The molecule has 0 radical (unpaired) electrons. The second-order valence-corrected chi connectivity index (χ2v) is 3.25. The fraction of sp³-hybridized carbons (Fsp3) is 0.167. The molecule has 1 aromatic carbocycles. The van der Waals surface area contributed by atoms with Crippen LogP contribution in [0.3, 0.4) is 0 Å². The molecule has 1 aromatic rings. The van der Waals surface area contributed by atoms with Gasteiger partial charge in [-0.25, -0.2) is 9.18 Å². The van der Waals surface area contributed by atoms with Gasteiger partial charge in [-0.15, -0.1) is 0 Å². The lowest BCUT2D eigenvalue weighted by Crippen LogP contribution is -2.14. The molecule has 0 saturated carbocycles. The number of benzene rings is 1. The number of halogens is 1. The van der Waals surface area contributed by atoms with Crippen molar-refractivity contribution in [2.75, 3.05) is 7.11 Å². The Hall–Kier alpha value is -2.17. The van der Waals surface area contributed by atoms with Gasteiger partial charge in [-0.3, -0.25) is 4.79 Å². The van der Waals surface area contributed by atoms with Crippen molar-refractivity contribution in [3.63, 3.8) is 0 Å². The summed E-state index contributed by atoms with van der Waals surface area (Å²) < 4.78 is 17.7. The highest BCUT2D eigenvalue weighted by molar-refractivity contribution is 6.21. The van der Waals surface area contributed by atoms with Crippen molar-refractivity contribution in [1.82, 2.24) is 0 Å².